The third-order valence-electron chi connectivity index (χ3n) is 1.97. The Morgan fingerprint density at radius 3 is 2.88 bits per heavy atom. The lowest BCUT2D eigenvalue weighted by Gasteiger charge is -2.11. The van der Waals surface area contributed by atoms with Crippen LogP contribution in [0.1, 0.15) is 13.8 Å². The first-order chi connectivity index (χ1) is 7.61. The van der Waals surface area contributed by atoms with Crippen molar-refractivity contribution < 1.29 is 0 Å². The van der Waals surface area contributed by atoms with Gasteiger partial charge in [-0.25, -0.2) is 0 Å². The summed E-state index contributed by atoms with van der Waals surface area (Å²) in [6, 6.07) is 8.03. The summed E-state index contributed by atoms with van der Waals surface area (Å²) < 4.78 is 0. The number of hydrogen-bond acceptors (Lipinski definition) is 3. The molecule has 0 spiro atoms. The maximum atomic E-state index is 5.91. The van der Waals surface area contributed by atoms with Crippen molar-refractivity contribution in [3.05, 3.63) is 40.9 Å². The van der Waals surface area contributed by atoms with Gasteiger partial charge in [-0.05, 0) is 32.0 Å². The Morgan fingerprint density at radius 2 is 2.31 bits per heavy atom. The van der Waals surface area contributed by atoms with E-state index in [9.17, 15) is 0 Å². The van der Waals surface area contributed by atoms with E-state index < -0.39 is 0 Å². The molecule has 0 fully saturated rings. The molecule has 0 aliphatic rings. The van der Waals surface area contributed by atoms with Gasteiger partial charge in [-0.1, -0.05) is 29.3 Å². The molecule has 1 rings (SSSR count). The summed E-state index contributed by atoms with van der Waals surface area (Å²) in [6.07, 6.45) is 2.12. The largest absolute Gasteiger partial charge is 0.271 e. The van der Waals surface area contributed by atoms with Crippen molar-refractivity contribution in [3.63, 3.8) is 0 Å². The first-order valence-corrected chi connectivity index (χ1v) is 6.47. The third kappa shape index (κ3) is 5.03. The Kier molecular flexibility index (Phi) is 5.91. The molecule has 0 saturated heterocycles. The van der Waals surface area contributed by atoms with Crippen LogP contribution in [0.5, 0.6) is 0 Å². The average Bonchev–Trinajstić information content (AvgIpc) is 2.24. The Labute approximate surface area is 106 Å². The van der Waals surface area contributed by atoms with Gasteiger partial charge in [0.2, 0.25) is 0 Å². The van der Waals surface area contributed by atoms with E-state index in [1.165, 1.54) is 5.57 Å². The van der Waals surface area contributed by atoms with Crippen molar-refractivity contribution in [1.82, 2.24) is 5.43 Å². The topological polar surface area (TPSA) is 38.0 Å². The predicted molar refractivity (Wildman–Crippen MR) is 72.7 cm³/mol. The fourth-order valence-electron chi connectivity index (χ4n) is 1.29. The van der Waals surface area contributed by atoms with Gasteiger partial charge >= 0.3 is 0 Å². The van der Waals surface area contributed by atoms with Gasteiger partial charge in [-0.2, -0.15) is 0 Å². The lowest BCUT2D eigenvalue weighted by molar-refractivity contribution is 0.673. The van der Waals surface area contributed by atoms with Gasteiger partial charge < -0.3 is 0 Å². The van der Waals surface area contributed by atoms with Crippen molar-refractivity contribution >= 4 is 23.4 Å². The molecule has 1 atom stereocenters. The SMILES string of the molecule is CC(C)=CC(CSc1cccc(Cl)c1)NN. The highest BCUT2D eigenvalue weighted by molar-refractivity contribution is 7.99. The van der Waals surface area contributed by atoms with Gasteiger partial charge in [0, 0.05) is 21.7 Å². The van der Waals surface area contributed by atoms with E-state index >= 15 is 0 Å². The summed E-state index contributed by atoms with van der Waals surface area (Å²) in [7, 11) is 0. The Hall–Kier alpha value is -0.480. The lowest BCUT2D eigenvalue weighted by atomic mass is 10.2. The van der Waals surface area contributed by atoms with Crippen LogP contribution in [0, 0.1) is 0 Å². The maximum absolute atomic E-state index is 5.91. The Balaban J connectivity index is 2.53. The molecule has 16 heavy (non-hydrogen) atoms. The summed E-state index contributed by atoms with van der Waals surface area (Å²) in [5.74, 6) is 6.37. The molecule has 1 unspecified atom stereocenters. The van der Waals surface area contributed by atoms with Crippen LogP contribution in [-0.4, -0.2) is 11.8 Å². The van der Waals surface area contributed by atoms with E-state index in [1.807, 2.05) is 24.3 Å². The highest BCUT2D eigenvalue weighted by atomic mass is 35.5. The molecule has 0 amide bonds. The zero-order chi connectivity index (χ0) is 12.0. The minimum Gasteiger partial charge on any atom is -0.271 e. The molecule has 0 aliphatic carbocycles. The molecule has 0 saturated carbocycles. The van der Waals surface area contributed by atoms with Gasteiger partial charge in [0.15, 0.2) is 0 Å². The summed E-state index contributed by atoms with van der Waals surface area (Å²) in [6.45, 7) is 4.13. The molecule has 1 aromatic rings. The van der Waals surface area contributed by atoms with Crippen LogP contribution < -0.4 is 11.3 Å². The van der Waals surface area contributed by atoms with Crippen LogP contribution in [-0.2, 0) is 0 Å². The second-order valence-electron chi connectivity index (χ2n) is 3.79. The van der Waals surface area contributed by atoms with Crippen molar-refractivity contribution in [2.75, 3.05) is 5.75 Å². The molecule has 0 aromatic heterocycles. The summed E-state index contributed by atoms with van der Waals surface area (Å²) in [5, 5.41) is 0.768. The maximum Gasteiger partial charge on any atom is 0.0486 e. The number of thioether (sulfide) groups is 1. The van der Waals surface area contributed by atoms with Crippen LogP contribution in [0.25, 0.3) is 0 Å². The minimum atomic E-state index is 0.189. The van der Waals surface area contributed by atoms with E-state index in [1.54, 1.807) is 11.8 Å². The van der Waals surface area contributed by atoms with Crippen LogP contribution in [0.2, 0.25) is 5.02 Å². The molecule has 1 aromatic carbocycles. The second-order valence-corrected chi connectivity index (χ2v) is 5.32. The van der Waals surface area contributed by atoms with E-state index in [-0.39, 0.29) is 6.04 Å². The smallest absolute Gasteiger partial charge is 0.0486 e. The van der Waals surface area contributed by atoms with E-state index in [0.717, 1.165) is 15.7 Å². The minimum absolute atomic E-state index is 0.189. The normalized spacial score (nSPS) is 12.2. The molecular weight excluding hydrogens is 240 g/mol. The average molecular weight is 257 g/mol. The monoisotopic (exact) mass is 256 g/mol. The van der Waals surface area contributed by atoms with Gasteiger partial charge in [0.1, 0.15) is 0 Å². The fraction of sp³-hybridized carbons (Fsp3) is 0.333. The van der Waals surface area contributed by atoms with Crippen molar-refractivity contribution in [1.29, 1.82) is 0 Å². The fourth-order valence-corrected chi connectivity index (χ4v) is 2.49. The van der Waals surface area contributed by atoms with Crippen molar-refractivity contribution in [2.24, 2.45) is 5.84 Å². The first-order valence-electron chi connectivity index (χ1n) is 5.11. The number of rotatable bonds is 5. The number of hydrogen-bond donors (Lipinski definition) is 2. The predicted octanol–water partition coefficient (Wildman–Crippen LogP) is 3.23. The molecule has 0 heterocycles. The van der Waals surface area contributed by atoms with Crippen LogP contribution in [0.4, 0.5) is 0 Å². The van der Waals surface area contributed by atoms with Crippen molar-refractivity contribution in [3.8, 4) is 0 Å². The summed E-state index contributed by atoms with van der Waals surface area (Å²) in [5.41, 5.74) is 4.05. The molecule has 2 nitrogen and oxygen atoms in total. The first kappa shape index (κ1) is 13.6. The van der Waals surface area contributed by atoms with Crippen LogP contribution in [0.3, 0.4) is 0 Å². The van der Waals surface area contributed by atoms with Gasteiger partial charge in [-0.3, -0.25) is 11.3 Å². The molecule has 88 valence electrons. The van der Waals surface area contributed by atoms with E-state index in [2.05, 4.69) is 25.3 Å². The van der Waals surface area contributed by atoms with Crippen LogP contribution in [0.15, 0.2) is 40.8 Å². The van der Waals surface area contributed by atoms with E-state index in [0.29, 0.717) is 0 Å². The van der Waals surface area contributed by atoms with Crippen LogP contribution >= 0.6 is 23.4 Å². The molecular formula is C12H17ClN2S. The number of nitrogens with two attached hydrogens (primary N) is 1. The zero-order valence-electron chi connectivity index (χ0n) is 9.53. The highest BCUT2D eigenvalue weighted by Crippen LogP contribution is 2.22. The van der Waals surface area contributed by atoms with Gasteiger partial charge in [0.25, 0.3) is 0 Å². The number of benzene rings is 1. The molecule has 0 radical (unpaired) electrons. The quantitative estimate of drug-likeness (QED) is 0.368. The van der Waals surface area contributed by atoms with Crippen molar-refractivity contribution in [2.45, 2.75) is 24.8 Å². The molecule has 0 aliphatic heterocycles. The van der Waals surface area contributed by atoms with Gasteiger partial charge in [-0.15, -0.1) is 11.8 Å². The Bertz CT molecular complexity index is 362. The molecule has 0 bridgehead atoms. The molecule has 4 heteroatoms. The summed E-state index contributed by atoms with van der Waals surface area (Å²) in [4.78, 5) is 1.16. The third-order valence-corrected chi connectivity index (χ3v) is 3.32. The summed E-state index contributed by atoms with van der Waals surface area (Å²) >= 11 is 7.65. The number of halogens is 1. The molecule has 3 N–H and O–H groups in total. The standard InChI is InChI=1S/C12H17ClN2S/c1-9(2)6-11(15-14)8-16-12-5-3-4-10(13)7-12/h3-7,11,15H,8,14H2,1-2H3. The Morgan fingerprint density at radius 1 is 1.56 bits per heavy atom. The number of allylic oxidation sites excluding steroid dienone is 1. The lowest BCUT2D eigenvalue weighted by Crippen LogP contribution is -2.35. The van der Waals surface area contributed by atoms with Gasteiger partial charge in [0.05, 0.1) is 0 Å². The number of hydrazine groups is 1. The zero-order valence-corrected chi connectivity index (χ0v) is 11.1. The second kappa shape index (κ2) is 6.97. The highest BCUT2D eigenvalue weighted by Gasteiger charge is 2.04. The van der Waals surface area contributed by atoms with E-state index in [4.69, 9.17) is 17.4 Å². The number of nitrogens with one attached hydrogen (secondary N) is 1.